The lowest BCUT2D eigenvalue weighted by Gasteiger charge is -2.11. The average molecular weight is 238 g/mol. The number of carbonyl (C=O) groups excluding carboxylic acids is 1. The van der Waals surface area contributed by atoms with Crippen molar-refractivity contribution in [3.05, 3.63) is 39.4 Å². The van der Waals surface area contributed by atoms with Gasteiger partial charge < -0.3 is 10.4 Å². The number of nitro groups is 1. The number of amides is 1. The largest absolute Gasteiger partial charge is 0.394 e. The van der Waals surface area contributed by atoms with E-state index in [9.17, 15) is 14.9 Å². The van der Waals surface area contributed by atoms with Crippen LogP contribution in [0.4, 0.5) is 5.69 Å². The minimum Gasteiger partial charge on any atom is -0.394 e. The van der Waals surface area contributed by atoms with Crippen LogP contribution < -0.4 is 5.32 Å². The first kappa shape index (κ1) is 13.1. The van der Waals surface area contributed by atoms with E-state index in [1.54, 1.807) is 19.9 Å². The number of benzene rings is 1. The fraction of sp³-hybridized carbons (Fsp3) is 0.364. The molecule has 1 aromatic carbocycles. The lowest BCUT2D eigenvalue weighted by Crippen LogP contribution is -2.35. The summed E-state index contributed by atoms with van der Waals surface area (Å²) in [7, 11) is 0. The Morgan fingerprint density at radius 1 is 1.59 bits per heavy atom. The van der Waals surface area contributed by atoms with Crippen molar-refractivity contribution in [2.24, 2.45) is 0 Å². The third-order valence-electron chi connectivity index (χ3n) is 2.24. The van der Waals surface area contributed by atoms with Gasteiger partial charge in [0.05, 0.1) is 11.5 Å². The molecule has 0 saturated heterocycles. The van der Waals surface area contributed by atoms with Gasteiger partial charge >= 0.3 is 0 Å². The van der Waals surface area contributed by atoms with Crippen LogP contribution in [0.25, 0.3) is 0 Å². The SMILES string of the molecule is Cc1ccc([N+](=O)[O-])c(C(=O)N[C@H](C)CO)c1. The van der Waals surface area contributed by atoms with E-state index >= 15 is 0 Å². The summed E-state index contributed by atoms with van der Waals surface area (Å²) in [6, 6.07) is 3.89. The average Bonchev–Trinajstić information content (AvgIpc) is 2.28. The van der Waals surface area contributed by atoms with Crippen LogP contribution >= 0.6 is 0 Å². The normalized spacial score (nSPS) is 11.9. The first-order chi connectivity index (χ1) is 7.95. The summed E-state index contributed by atoms with van der Waals surface area (Å²) in [6.45, 7) is 3.14. The molecule has 6 nitrogen and oxygen atoms in total. The number of aliphatic hydroxyl groups is 1. The Morgan fingerprint density at radius 3 is 2.76 bits per heavy atom. The molecule has 0 unspecified atom stereocenters. The summed E-state index contributed by atoms with van der Waals surface area (Å²) in [5.74, 6) is -0.554. The molecule has 1 amide bonds. The smallest absolute Gasteiger partial charge is 0.282 e. The number of nitrogens with one attached hydrogen (secondary N) is 1. The Balaban J connectivity index is 3.06. The zero-order chi connectivity index (χ0) is 13.0. The summed E-state index contributed by atoms with van der Waals surface area (Å²) >= 11 is 0. The van der Waals surface area contributed by atoms with Crippen LogP contribution in [0.5, 0.6) is 0 Å². The number of aliphatic hydroxyl groups excluding tert-OH is 1. The maximum atomic E-state index is 11.8. The molecule has 6 heteroatoms. The van der Waals surface area contributed by atoms with Crippen molar-refractivity contribution >= 4 is 11.6 Å². The molecule has 2 N–H and O–H groups in total. The number of carbonyl (C=O) groups is 1. The van der Waals surface area contributed by atoms with Crippen molar-refractivity contribution in [3.63, 3.8) is 0 Å². The molecule has 0 aliphatic heterocycles. The van der Waals surface area contributed by atoms with Crippen molar-refractivity contribution in [2.45, 2.75) is 19.9 Å². The highest BCUT2D eigenvalue weighted by Gasteiger charge is 2.20. The molecule has 0 aliphatic rings. The third-order valence-corrected chi connectivity index (χ3v) is 2.24. The fourth-order valence-corrected chi connectivity index (χ4v) is 1.34. The topological polar surface area (TPSA) is 92.5 Å². The molecule has 0 spiro atoms. The monoisotopic (exact) mass is 238 g/mol. The minimum atomic E-state index is -0.599. The van der Waals surface area contributed by atoms with Crippen molar-refractivity contribution in [3.8, 4) is 0 Å². The maximum Gasteiger partial charge on any atom is 0.282 e. The van der Waals surface area contributed by atoms with Gasteiger partial charge in [0.15, 0.2) is 0 Å². The number of nitrogens with zero attached hydrogens (tertiary/aromatic N) is 1. The second-order valence-corrected chi connectivity index (χ2v) is 3.83. The molecular weight excluding hydrogens is 224 g/mol. The quantitative estimate of drug-likeness (QED) is 0.605. The first-order valence-corrected chi connectivity index (χ1v) is 5.12. The molecule has 0 fully saturated rings. The lowest BCUT2D eigenvalue weighted by atomic mass is 10.1. The number of hydrogen-bond donors (Lipinski definition) is 2. The first-order valence-electron chi connectivity index (χ1n) is 5.12. The summed E-state index contributed by atoms with van der Waals surface area (Å²) in [6.07, 6.45) is 0. The molecule has 0 radical (unpaired) electrons. The predicted molar refractivity (Wildman–Crippen MR) is 61.8 cm³/mol. The van der Waals surface area contributed by atoms with Gasteiger partial charge in [0, 0.05) is 12.1 Å². The molecule has 17 heavy (non-hydrogen) atoms. The highest BCUT2D eigenvalue weighted by molar-refractivity contribution is 5.98. The van der Waals surface area contributed by atoms with Crippen molar-refractivity contribution in [2.75, 3.05) is 6.61 Å². The molecule has 0 aromatic heterocycles. The standard InChI is InChI=1S/C11H14N2O4/c1-7-3-4-10(13(16)17)9(5-7)11(15)12-8(2)6-14/h3-5,8,14H,6H2,1-2H3,(H,12,15)/t8-/m1/s1. The van der Waals surface area contributed by atoms with Crippen molar-refractivity contribution in [1.82, 2.24) is 5.32 Å². The highest BCUT2D eigenvalue weighted by Crippen LogP contribution is 2.19. The molecule has 0 heterocycles. The van der Waals surface area contributed by atoms with Gasteiger partial charge in [0.2, 0.25) is 0 Å². The Hall–Kier alpha value is -1.95. The fourth-order valence-electron chi connectivity index (χ4n) is 1.34. The van der Waals surface area contributed by atoms with E-state index in [2.05, 4.69) is 5.32 Å². The number of rotatable bonds is 4. The Morgan fingerprint density at radius 2 is 2.24 bits per heavy atom. The van der Waals surface area contributed by atoms with Gasteiger partial charge in [-0.15, -0.1) is 0 Å². The van der Waals surface area contributed by atoms with Crippen LogP contribution in [-0.2, 0) is 0 Å². The van der Waals surface area contributed by atoms with Gasteiger partial charge in [-0.1, -0.05) is 6.07 Å². The maximum absolute atomic E-state index is 11.8. The van der Waals surface area contributed by atoms with Gasteiger partial charge in [0.1, 0.15) is 5.56 Å². The summed E-state index contributed by atoms with van der Waals surface area (Å²) in [5, 5.41) is 22.1. The second kappa shape index (κ2) is 5.40. The minimum absolute atomic E-state index is 0.00954. The Kier molecular flexibility index (Phi) is 4.17. The van der Waals surface area contributed by atoms with E-state index in [-0.39, 0.29) is 17.9 Å². The van der Waals surface area contributed by atoms with Crippen molar-refractivity contribution in [1.29, 1.82) is 0 Å². The predicted octanol–water partition coefficient (Wildman–Crippen LogP) is 1.01. The second-order valence-electron chi connectivity index (χ2n) is 3.83. The van der Waals surface area contributed by atoms with Gasteiger partial charge in [0.25, 0.3) is 11.6 Å². The lowest BCUT2D eigenvalue weighted by molar-refractivity contribution is -0.385. The Labute approximate surface area is 98.4 Å². The molecule has 0 bridgehead atoms. The van der Waals surface area contributed by atoms with E-state index < -0.39 is 16.9 Å². The Bertz CT molecular complexity index is 445. The zero-order valence-corrected chi connectivity index (χ0v) is 9.64. The number of nitro benzene ring substituents is 1. The van der Waals surface area contributed by atoms with Crippen LogP contribution in [-0.4, -0.2) is 28.6 Å². The molecule has 1 atom stereocenters. The highest BCUT2D eigenvalue weighted by atomic mass is 16.6. The number of hydrogen-bond acceptors (Lipinski definition) is 4. The summed E-state index contributed by atoms with van der Waals surface area (Å²) in [4.78, 5) is 21.9. The van der Waals surface area contributed by atoms with Crippen molar-refractivity contribution < 1.29 is 14.8 Å². The van der Waals surface area contributed by atoms with E-state index in [0.29, 0.717) is 0 Å². The molecule has 0 aliphatic carbocycles. The third kappa shape index (κ3) is 3.25. The van der Waals surface area contributed by atoms with Gasteiger partial charge in [-0.25, -0.2) is 0 Å². The van der Waals surface area contributed by atoms with E-state index in [1.807, 2.05) is 0 Å². The summed E-state index contributed by atoms with van der Waals surface area (Å²) in [5.41, 5.74) is 0.533. The van der Waals surface area contributed by atoms with Crippen LogP contribution in [0, 0.1) is 17.0 Å². The van der Waals surface area contributed by atoms with Crippen LogP contribution in [0.15, 0.2) is 18.2 Å². The van der Waals surface area contributed by atoms with Crippen LogP contribution in [0.3, 0.4) is 0 Å². The van der Waals surface area contributed by atoms with Crippen LogP contribution in [0.1, 0.15) is 22.8 Å². The van der Waals surface area contributed by atoms with E-state index in [0.717, 1.165) is 5.56 Å². The van der Waals surface area contributed by atoms with Gasteiger partial charge in [-0.3, -0.25) is 14.9 Å². The van der Waals surface area contributed by atoms with Gasteiger partial charge in [-0.05, 0) is 25.5 Å². The molecule has 1 aromatic rings. The molecular formula is C11H14N2O4. The van der Waals surface area contributed by atoms with Gasteiger partial charge in [-0.2, -0.15) is 0 Å². The zero-order valence-electron chi connectivity index (χ0n) is 9.64. The number of aryl methyl sites for hydroxylation is 1. The van der Waals surface area contributed by atoms with E-state index in [1.165, 1.54) is 12.1 Å². The summed E-state index contributed by atoms with van der Waals surface area (Å²) < 4.78 is 0. The molecule has 92 valence electrons. The molecule has 1 rings (SSSR count). The van der Waals surface area contributed by atoms with E-state index in [4.69, 9.17) is 5.11 Å². The van der Waals surface area contributed by atoms with Crippen LogP contribution in [0.2, 0.25) is 0 Å². The molecule has 0 saturated carbocycles.